The van der Waals surface area contributed by atoms with E-state index >= 15 is 0 Å². The van der Waals surface area contributed by atoms with Gasteiger partial charge in [0.1, 0.15) is 17.4 Å². The first-order chi connectivity index (χ1) is 8.20. The molecule has 1 aromatic heterocycles. The maximum atomic E-state index is 13.3. The summed E-state index contributed by atoms with van der Waals surface area (Å²) in [5.41, 5.74) is 6.10. The van der Waals surface area contributed by atoms with E-state index in [1.807, 2.05) is 0 Å². The molecule has 0 aliphatic rings. The van der Waals surface area contributed by atoms with Crippen LogP contribution in [-0.2, 0) is 0 Å². The number of nitriles is 1. The van der Waals surface area contributed by atoms with E-state index in [-0.39, 0.29) is 11.5 Å². The number of nitrogens with zero attached hydrogens (tertiary/aromatic N) is 3. The SMILES string of the molecule is N#Cc1c(F)cccc1Nc1ncc(N)cn1. The van der Waals surface area contributed by atoms with Gasteiger partial charge < -0.3 is 11.1 Å². The average molecular weight is 229 g/mol. The Balaban J connectivity index is 2.34. The largest absolute Gasteiger partial charge is 0.396 e. The summed E-state index contributed by atoms with van der Waals surface area (Å²) in [5, 5.41) is 11.6. The molecule has 6 heteroatoms. The molecule has 0 spiro atoms. The third kappa shape index (κ3) is 2.29. The fraction of sp³-hybridized carbons (Fsp3) is 0. The van der Waals surface area contributed by atoms with E-state index in [9.17, 15) is 4.39 Å². The van der Waals surface area contributed by atoms with Crippen molar-refractivity contribution in [3.05, 3.63) is 42.0 Å². The van der Waals surface area contributed by atoms with Gasteiger partial charge in [-0.3, -0.25) is 0 Å². The second-order valence-corrected chi connectivity index (χ2v) is 3.24. The lowest BCUT2D eigenvalue weighted by Gasteiger charge is -2.06. The summed E-state index contributed by atoms with van der Waals surface area (Å²) in [6.45, 7) is 0. The molecule has 5 nitrogen and oxygen atoms in total. The van der Waals surface area contributed by atoms with Crippen molar-refractivity contribution in [1.82, 2.24) is 9.97 Å². The van der Waals surface area contributed by atoms with Crippen LogP contribution in [0.25, 0.3) is 0 Å². The first-order valence-electron chi connectivity index (χ1n) is 4.74. The van der Waals surface area contributed by atoms with E-state index in [2.05, 4.69) is 15.3 Å². The van der Waals surface area contributed by atoms with E-state index in [0.717, 1.165) is 0 Å². The standard InChI is InChI=1S/C11H8FN5/c12-9-2-1-3-10(8(9)4-13)17-11-15-5-7(14)6-16-11/h1-3,5-6H,14H2,(H,15,16,17). The molecule has 0 unspecified atom stereocenters. The minimum absolute atomic E-state index is 0.0760. The van der Waals surface area contributed by atoms with Crippen molar-refractivity contribution in [2.75, 3.05) is 11.1 Å². The van der Waals surface area contributed by atoms with E-state index in [0.29, 0.717) is 11.4 Å². The number of hydrogen-bond donors (Lipinski definition) is 2. The number of halogens is 1. The maximum absolute atomic E-state index is 13.3. The Labute approximate surface area is 96.7 Å². The van der Waals surface area contributed by atoms with Gasteiger partial charge in [-0.2, -0.15) is 5.26 Å². The molecular formula is C11H8FN5. The van der Waals surface area contributed by atoms with Crippen molar-refractivity contribution < 1.29 is 4.39 Å². The highest BCUT2D eigenvalue weighted by molar-refractivity contribution is 5.63. The third-order valence-electron chi connectivity index (χ3n) is 2.04. The van der Waals surface area contributed by atoms with Crippen molar-refractivity contribution >= 4 is 17.3 Å². The Kier molecular flexibility index (Phi) is 2.83. The lowest BCUT2D eigenvalue weighted by molar-refractivity contribution is 0.624. The Morgan fingerprint density at radius 1 is 1.29 bits per heavy atom. The molecule has 2 rings (SSSR count). The van der Waals surface area contributed by atoms with E-state index in [1.54, 1.807) is 12.1 Å². The highest BCUT2D eigenvalue weighted by Crippen LogP contribution is 2.20. The van der Waals surface area contributed by atoms with Crippen LogP contribution in [0.1, 0.15) is 5.56 Å². The fourth-order valence-electron chi connectivity index (χ4n) is 1.26. The van der Waals surface area contributed by atoms with Gasteiger partial charge >= 0.3 is 0 Å². The highest BCUT2D eigenvalue weighted by Gasteiger charge is 2.08. The van der Waals surface area contributed by atoms with Crippen LogP contribution in [0, 0.1) is 17.1 Å². The second-order valence-electron chi connectivity index (χ2n) is 3.24. The number of nitrogen functional groups attached to an aromatic ring is 1. The molecule has 0 bridgehead atoms. The second kappa shape index (κ2) is 4.45. The van der Waals surface area contributed by atoms with Crippen LogP contribution >= 0.6 is 0 Å². The van der Waals surface area contributed by atoms with Crippen LogP contribution in [0.2, 0.25) is 0 Å². The van der Waals surface area contributed by atoms with Gasteiger partial charge in [-0.05, 0) is 12.1 Å². The molecule has 0 saturated carbocycles. The van der Waals surface area contributed by atoms with Gasteiger partial charge in [0.05, 0.1) is 23.8 Å². The first kappa shape index (κ1) is 10.8. The summed E-state index contributed by atoms with van der Waals surface area (Å²) < 4.78 is 13.3. The molecular weight excluding hydrogens is 221 g/mol. The molecule has 0 atom stereocenters. The summed E-state index contributed by atoms with van der Waals surface area (Å²) in [5.74, 6) is -0.339. The zero-order valence-corrected chi connectivity index (χ0v) is 8.68. The van der Waals surface area contributed by atoms with Gasteiger partial charge in [0.25, 0.3) is 0 Å². The summed E-state index contributed by atoms with van der Waals surface area (Å²) in [4.78, 5) is 7.80. The molecule has 0 fully saturated rings. The number of benzene rings is 1. The van der Waals surface area contributed by atoms with E-state index < -0.39 is 5.82 Å². The summed E-state index contributed by atoms with van der Waals surface area (Å²) in [6, 6.07) is 6.06. The van der Waals surface area contributed by atoms with Gasteiger partial charge in [0.15, 0.2) is 0 Å². The monoisotopic (exact) mass is 229 g/mol. The number of nitrogens with two attached hydrogens (primary N) is 1. The van der Waals surface area contributed by atoms with Gasteiger partial charge in [0, 0.05) is 0 Å². The Bertz CT molecular complexity index is 573. The van der Waals surface area contributed by atoms with Crippen molar-refractivity contribution in [3.63, 3.8) is 0 Å². The zero-order chi connectivity index (χ0) is 12.3. The van der Waals surface area contributed by atoms with Crippen LogP contribution in [0.15, 0.2) is 30.6 Å². The Morgan fingerprint density at radius 3 is 2.65 bits per heavy atom. The normalized spacial score (nSPS) is 9.65. The molecule has 2 aromatic rings. The third-order valence-corrected chi connectivity index (χ3v) is 2.04. The lowest BCUT2D eigenvalue weighted by Crippen LogP contribution is -2.00. The molecule has 0 saturated heterocycles. The van der Waals surface area contributed by atoms with Crippen molar-refractivity contribution in [3.8, 4) is 6.07 Å². The number of aromatic nitrogens is 2. The zero-order valence-electron chi connectivity index (χ0n) is 8.68. The Morgan fingerprint density at radius 2 is 2.00 bits per heavy atom. The molecule has 84 valence electrons. The van der Waals surface area contributed by atoms with Crippen molar-refractivity contribution in [2.45, 2.75) is 0 Å². The quantitative estimate of drug-likeness (QED) is 0.819. The van der Waals surface area contributed by atoms with Crippen LogP contribution in [-0.4, -0.2) is 9.97 Å². The molecule has 0 amide bonds. The summed E-state index contributed by atoms with van der Waals surface area (Å²) >= 11 is 0. The van der Waals surface area contributed by atoms with Gasteiger partial charge in [0.2, 0.25) is 5.95 Å². The lowest BCUT2D eigenvalue weighted by atomic mass is 10.2. The average Bonchev–Trinajstić information content (AvgIpc) is 2.32. The fourth-order valence-corrected chi connectivity index (χ4v) is 1.26. The topological polar surface area (TPSA) is 87.6 Å². The highest BCUT2D eigenvalue weighted by atomic mass is 19.1. The van der Waals surface area contributed by atoms with Crippen LogP contribution < -0.4 is 11.1 Å². The summed E-state index contributed by atoms with van der Waals surface area (Å²) in [6.07, 6.45) is 2.83. The van der Waals surface area contributed by atoms with Crippen LogP contribution in [0.3, 0.4) is 0 Å². The molecule has 0 radical (unpaired) electrons. The number of nitrogens with one attached hydrogen (secondary N) is 1. The number of rotatable bonds is 2. The predicted octanol–water partition coefficient (Wildman–Crippen LogP) is 1.81. The molecule has 3 N–H and O–H groups in total. The molecule has 0 aliphatic heterocycles. The Hall–Kier alpha value is -2.68. The van der Waals surface area contributed by atoms with E-state index in [4.69, 9.17) is 11.0 Å². The summed E-state index contributed by atoms with van der Waals surface area (Å²) in [7, 11) is 0. The number of hydrogen-bond acceptors (Lipinski definition) is 5. The van der Waals surface area contributed by atoms with Crippen LogP contribution in [0.4, 0.5) is 21.7 Å². The van der Waals surface area contributed by atoms with Crippen LogP contribution in [0.5, 0.6) is 0 Å². The predicted molar refractivity (Wildman–Crippen MR) is 60.8 cm³/mol. The van der Waals surface area contributed by atoms with Gasteiger partial charge in [-0.1, -0.05) is 6.07 Å². The molecule has 1 aromatic carbocycles. The minimum atomic E-state index is -0.590. The van der Waals surface area contributed by atoms with Crippen molar-refractivity contribution in [1.29, 1.82) is 5.26 Å². The van der Waals surface area contributed by atoms with E-state index in [1.165, 1.54) is 24.5 Å². The van der Waals surface area contributed by atoms with Crippen molar-refractivity contribution in [2.24, 2.45) is 0 Å². The molecule has 1 heterocycles. The van der Waals surface area contributed by atoms with Gasteiger partial charge in [-0.15, -0.1) is 0 Å². The molecule has 0 aliphatic carbocycles. The van der Waals surface area contributed by atoms with Gasteiger partial charge in [-0.25, -0.2) is 14.4 Å². The minimum Gasteiger partial charge on any atom is -0.396 e. The maximum Gasteiger partial charge on any atom is 0.227 e. The first-order valence-corrected chi connectivity index (χ1v) is 4.74. The smallest absolute Gasteiger partial charge is 0.227 e. The molecule has 17 heavy (non-hydrogen) atoms. The number of anilines is 3.